The van der Waals surface area contributed by atoms with E-state index in [9.17, 15) is 27.6 Å². The fourth-order valence-electron chi connectivity index (χ4n) is 2.56. The van der Waals surface area contributed by atoms with Crippen LogP contribution in [0.5, 0.6) is 0 Å². The largest absolute Gasteiger partial charge is 0.418 e. The van der Waals surface area contributed by atoms with E-state index in [1.54, 1.807) is 36.4 Å². The Kier molecular flexibility index (Phi) is 5.80. The van der Waals surface area contributed by atoms with Crippen LogP contribution in [-0.4, -0.2) is 5.91 Å². The van der Waals surface area contributed by atoms with Crippen molar-refractivity contribution in [1.82, 2.24) is 0 Å². The number of carbonyl (C=O) groups is 1. The standard InChI is InChI=1S/C21H12F4N2OS/c22-17-7-3-1-5-15(17)19-10-9-14(29-19)11-13(12-26)20(28)27-18-8-4-2-6-16(18)21(23,24)25/h1-11H,(H,27,28)/b13-11+. The van der Waals surface area contributed by atoms with Gasteiger partial charge in [0.1, 0.15) is 17.5 Å². The number of anilines is 1. The molecule has 0 spiro atoms. The fraction of sp³-hybridized carbons (Fsp3) is 0.0476. The number of alkyl halides is 3. The zero-order valence-corrected chi connectivity index (χ0v) is 15.4. The Bertz CT molecular complexity index is 1130. The summed E-state index contributed by atoms with van der Waals surface area (Å²) in [6, 6.07) is 15.6. The van der Waals surface area contributed by atoms with Crippen LogP contribution >= 0.6 is 11.3 Å². The summed E-state index contributed by atoms with van der Waals surface area (Å²) < 4.78 is 53.1. The van der Waals surface area contributed by atoms with E-state index < -0.39 is 29.2 Å². The van der Waals surface area contributed by atoms with Gasteiger partial charge in [-0.3, -0.25) is 4.79 Å². The van der Waals surface area contributed by atoms with E-state index in [0.717, 1.165) is 23.5 Å². The van der Waals surface area contributed by atoms with Crippen molar-refractivity contribution >= 4 is 29.0 Å². The minimum absolute atomic E-state index is 0.371. The van der Waals surface area contributed by atoms with Crippen molar-refractivity contribution < 1.29 is 22.4 Å². The van der Waals surface area contributed by atoms with Gasteiger partial charge >= 0.3 is 6.18 Å². The summed E-state index contributed by atoms with van der Waals surface area (Å²) in [5, 5.41) is 11.4. The van der Waals surface area contributed by atoms with Gasteiger partial charge in [0, 0.05) is 15.3 Å². The second-order valence-electron chi connectivity index (χ2n) is 5.85. The van der Waals surface area contributed by atoms with E-state index in [-0.39, 0.29) is 5.57 Å². The number of halogens is 4. The molecule has 29 heavy (non-hydrogen) atoms. The van der Waals surface area contributed by atoms with Crippen molar-refractivity contribution in [3.05, 3.63) is 82.5 Å². The first-order chi connectivity index (χ1) is 13.8. The van der Waals surface area contributed by atoms with Gasteiger partial charge in [-0.15, -0.1) is 11.3 Å². The molecule has 0 atom stereocenters. The molecule has 146 valence electrons. The van der Waals surface area contributed by atoms with E-state index in [0.29, 0.717) is 15.3 Å². The number of thiophene rings is 1. The first kappa shape index (κ1) is 20.3. The lowest BCUT2D eigenvalue weighted by atomic mass is 10.1. The summed E-state index contributed by atoms with van der Waals surface area (Å²) in [5.41, 5.74) is -1.45. The number of nitrogens with one attached hydrogen (secondary N) is 1. The highest BCUT2D eigenvalue weighted by Gasteiger charge is 2.33. The van der Waals surface area contributed by atoms with E-state index in [2.05, 4.69) is 5.32 Å². The van der Waals surface area contributed by atoms with Crippen molar-refractivity contribution in [2.75, 3.05) is 5.32 Å². The maximum absolute atomic E-state index is 13.9. The minimum atomic E-state index is -4.65. The molecule has 0 saturated heterocycles. The molecular weight excluding hydrogens is 404 g/mol. The van der Waals surface area contributed by atoms with E-state index >= 15 is 0 Å². The molecule has 0 aliphatic carbocycles. The van der Waals surface area contributed by atoms with Gasteiger partial charge in [0.15, 0.2) is 0 Å². The number of carbonyl (C=O) groups excluding carboxylic acids is 1. The second kappa shape index (κ2) is 8.29. The topological polar surface area (TPSA) is 52.9 Å². The molecule has 8 heteroatoms. The number of benzene rings is 2. The first-order valence-corrected chi connectivity index (χ1v) is 9.05. The minimum Gasteiger partial charge on any atom is -0.321 e. The van der Waals surface area contributed by atoms with Crippen molar-refractivity contribution in [3.8, 4) is 16.5 Å². The maximum Gasteiger partial charge on any atom is 0.418 e. The number of para-hydroxylation sites is 1. The first-order valence-electron chi connectivity index (χ1n) is 8.23. The van der Waals surface area contributed by atoms with Gasteiger partial charge in [-0.2, -0.15) is 18.4 Å². The molecule has 2 aromatic carbocycles. The molecule has 1 N–H and O–H groups in total. The molecule has 1 aromatic heterocycles. The molecule has 0 fully saturated rings. The van der Waals surface area contributed by atoms with E-state index in [1.165, 1.54) is 24.3 Å². The van der Waals surface area contributed by atoms with Crippen LogP contribution in [0.2, 0.25) is 0 Å². The maximum atomic E-state index is 13.9. The van der Waals surface area contributed by atoms with Crippen molar-refractivity contribution in [2.24, 2.45) is 0 Å². The Hall–Kier alpha value is -3.44. The SMILES string of the molecule is N#C/C(=C\c1ccc(-c2ccccc2F)s1)C(=O)Nc1ccccc1C(F)(F)F. The van der Waals surface area contributed by atoms with Gasteiger partial charge in [-0.1, -0.05) is 30.3 Å². The van der Waals surface area contributed by atoms with Crippen LogP contribution in [0.3, 0.4) is 0 Å². The van der Waals surface area contributed by atoms with Crippen molar-refractivity contribution in [2.45, 2.75) is 6.18 Å². The molecule has 0 bridgehead atoms. The Morgan fingerprint density at radius 1 is 1.03 bits per heavy atom. The quantitative estimate of drug-likeness (QED) is 0.317. The summed E-state index contributed by atoms with van der Waals surface area (Å²) in [6.45, 7) is 0. The van der Waals surface area contributed by atoms with Crippen molar-refractivity contribution in [3.63, 3.8) is 0 Å². The molecule has 3 aromatic rings. The van der Waals surface area contributed by atoms with Gasteiger partial charge in [-0.25, -0.2) is 4.39 Å². The molecule has 3 nitrogen and oxygen atoms in total. The lowest BCUT2D eigenvalue weighted by molar-refractivity contribution is -0.137. The molecule has 0 aliphatic rings. The predicted molar refractivity (Wildman–Crippen MR) is 103 cm³/mol. The van der Waals surface area contributed by atoms with E-state index in [4.69, 9.17) is 0 Å². The number of nitrogens with zero attached hydrogens (tertiary/aromatic N) is 1. The highest BCUT2D eigenvalue weighted by molar-refractivity contribution is 7.16. The zero-order valence-electron chi connectivity index (χ0n) is 14.6. The predicted octanol–water partition coefficient (Wildman–Crippen LogP) is 6.12. The Labute approximate surface area is 167 Å². The number of hydrogen-bond acceptors (Lipinski definition) is 3. The molecule has 0 aliphatic heterocycles. The summed E-state index contributed by atoms with van der Waals surface area (Å²) in [4.78, 5) is 13.4. The monoisotopic (exact) mass is 416 g/mol. The van der Waals surface area contributed by atoms with Gasteiger partial charge in [0.2, 0.25) is 0 Å². The molecule has 0 unspecified atom stereocenters. The van der Waals surface area contributed by atoms with Crippen LogP contribution < -0.4 is 5.32 Å². The average Bonchev–Trinajstić information content (AvgIpc) is 3.14. The zero-order chi connectivity index (χ0) is 21.0. The number of amides is 1. The molecule has 3 rings (SSSR count). The van der Waals surface area contributed by atoms with Gasteiger partial charge in [-0.05, 0) is 36.4 Å². The van der Waals surface area contributed by atoms with Crippen LogP contribution in [0.1, 0.15) is 10.4 Å². The van der Waals surface area contributed by atoms with E-state index in [1.807, 2.05) is 0 Å². The van der Waals surface area contributed by atoms with Gasteiger partial charge < -0.3 is 5.32 Å². The van der Waals surface area contributed by atoms with Crippen LogP contribution in [0.4, 0.5) is 23.2 Å². The number of hydrogen-bond donors (Lipinski definition) is 1. The highest BCUT2D eigenvalue weighted by atomic mass is 32.1. The summed E-state index contributed by atoms with van der Waals surface area (Å²) >= 11 is 1.15. The Morgan fingerprint density at radius 3 is 2.41 bits per heavy atom. The molecule has 1 heterocycles. The third-order valence-electron chi connectivity index (χ3n) is 3.90. The molecule has 0 saturated carbocycles. The van der Waals surface area contributed by atoms with Crippen molar-refractivity contribution in [1.29, 1.82) is 5.26 Å². The number of nitriles is 1. The summed E-state index contributed by atoms with van der Waals surface area (Å²) in [6.07, 6.45) is -3.40. The average molecular weight is 416 g/mol. The third-order valence-corrected chi connectivity index (χ3v) is 4.96. The molecular formula is C21H12F4N2OS. The van der Waals surface area contributed by atoms with Gasteiger partial charge in [0.25, 0.3) is 5.91 Å². The smallest absolute Gasteiger partial charge is 0.321 e. The fourth-order valence-corrected chi connectivity index (χ4v) is 3.53. The van der Waals surface area contributed by atoms with Crippen LogP contribution in [-0.2, 0) is 11.0 Å². The summed E-state index contributed by atoms with van der Waals surface area (Å²) in [7, 11) is 0. The lowest BCUT2D eigenvalue weighted by Gasteiger charge is -2.13. The van der Waals surface area contributed by atoms with Crippen LogP contribution in [0.25, 0.3) is 16.5 Å². The van der Waals surface area contributed by atoms with Crippen LogP contribution in [0, 0.1) is 17.1 Å². The normalized spacial score (nSPS) is 11.8. The van der Waals surface area contributed by atoms with Crippen LogP contribution in [0.15, 0.2) is 66.2 Å². The Morgan fingerprint density at radius 2 is 1.72 bits per heavy atom. The lowest BCUT2D eigenvalue weighted by Crippen LogP contribution is -2.17. The third kappa shape index (κ3) is 4.70. The van der Waals surface area contributed by atoms with Gasteiger partial charge in [0.05, 0.1) is 11.3 Å². The molecule has 1 amide bonds. The highest BCUT2D eigenvalue weighted by Crippen LogP contribution is 2.35. The summed E-state index contributed by atoms with van der Waals surface area (Å²) in [5.74, 6) is -1.38. The Balaban J connectivity index is 1.86. The number of rotatable bonds is 4. The second-order valence-corrected chi connectivity index (χ2v) is 6.96. The molecule has 0 radical (unpaired) electrons.